The van der Waals surface area contributed by atoms with E-state index in [0.717, 1.165) is 22.3 Å². The zero-order chi connectivity index (χ0) is 30.8. The number of hydrogen-bond acceptors (Lipinski definition) is 5. The van der Waals surface area contributed by atoms with Crippen LogP contribution in [0.5, 0.6) is 0 Å². The summed E-state index contributed by atoms with van der Waals surface area (Å²) in [7, 11) is 3.02. The quantitative estimate of drug-likeness (QED) is 0.244. The molecule has 7 atom stereocenters. The summed E-state index contributed by atoms with van der Waals surface area (Å²) < 4.78 is 11.9. The van der Waals surface area contributed by atoms with Crippen molar-refractivity contribution in [1.82, 2.24) is 4.90 Å². The molecule has 0 spiro atoms. The number of piperidine rings is 1. The van der Waals surface area contributed by atoms with Crippen LogP contribution in [0.1, 0.15) is 73.3 Å². The van der Waals surface area contributed by atoms with E-state index in [-0.39, 0.29) is 41.5 Å². The summed E-state index contributed by atoms with van der Waals surface area (Å²) in [5, 5.41) is 0. The van der Waals surface area contributed by atoms with Gasteiger partial charge in [-0.3, -0.25) is 14.5 Å². The number of nitrogens with zero attached hydrogens (tertiary/aromatic N) is 1. The number of fused-ring (bicyclic) bond motifs is 16. The number of benzene rings is 3. The molecule has 1 saturated carbocycles. The van der Waals surface area contributed by atoms with E-state index in [4.69, 9.17) is 9.47 Å². The first-order valence-corrected chi connectivity index (χ1v) is 15.7. The lowest BCUT2D eigenvalue weighted by atomic mass is 9.55. The van der Waals surface area contributed by atoms with Gasteiger partial charge in [-0.05, 0) is 41.7 Å². The van der Waals surface area contributed by atoms with Crippen molar-refractivity contribution in [3.8, 4) is 0 Å². The van der Waals surface area contributed by atoms with Gasteiger partial charge in [0.05, 0.1) is 14.2 Å². The predicted molar refractivity (Wildman–Crippen MR) is 170 cm³/mol. The third kappa shape index (κ3) is 2.86. The summed E-state index contributed by atoms with van der Waals surface area (Å²) in [6, 6.07) is 27.4. The van der Waals surface area contributed by atoms with Crippen molar-refractivity contribution in [2.24, 2.45) is 17.3 Å². The molecule has 224 valence electrons. The van der Waals surface area contributed by atoms with Gasteiger partial charge in [0.15, 0.2) is 0 Å². The van der Waals surface area contributed by atoms with Gasteiger partial charge in [-0.25, -0.2) is 0 Å². The Morgan fingerprint density at radius 2 is 1.32 bits per heavy atom. The minimum atomic E-state index is -1.15. The molecular weight excluding hydrogens is 546 g/mol. The fourth-order valence-electron chi connectivity index (χ4n) is 11.0. The second-order valence-electron chi connectivity index (χ2n) is 14.0. The Morgan fingerprint density at radius 1 is 0.750 bits per heavy atom. The maximum atomic E-state index is 15.1. The topological polar surface area (TPSA) is 55.8 Å². The van der Waals surface area contributed by atoms with Gasteiger partial charge in [-0.2, -0.15) is 0 Å². The smallest absolute Gasteiger partial charge is 0.327 e. The van der Waals surface area contributed by atoms with Crippen LogP contribution >= 0.6 is 0 Å². The molecule has 8 rings (SSSR count). The lowest BCUT2D eigenvalue weighted by Gasteiger charge is -2.61. The average molecular weight is 586 g/mol. The van der Waals surface area contributed by atoms with Gasteiger partial charge in [0.2, 0.25) is 0 Å². The zero-order valence-electron chi connectivity index (χ0n) is 26.3. The first-order valence-electron chi connectivity index (χ1n) is 15.7. The van der Waals surface area contributed by atoms with Gasteiger partial charge in [0.25, 0.3) is 0 Å². The van der Waals surface area contributed by atoms with Crippen molar-refractivity contribution in [3.63, 3.8) is 0 Å². The van der Waals surface area contributed by atoms with E-state index in [2.05, 4.69) is 99.3 Å². The van der Waals surface area contributed by atoms with E-state index in [1.807, 2.05) is 18.2 Å². The Hall–Kier alpha value is -3.96. The predicted octanol–water partition coefficient (Wildman–Crippen LogP) is 7.01. The molecule has 44 heavy (non-hydrogen) atoms. The molecule has 2 heterocycles. The zero-order valence-corrected chi connectivity index (χ0v) is 26.3. The van der Waals surface area contributed by atoms with E-state index in [1.165, 1.54) is 36.5 Å². The molecule has 5 aliphatic rings. The fourth-order valence-corrected chi connectivity index (χ4v) is 11.0. The van der Waals surface area contributed by atoms with Crippen LogP contribution in [0.3, 0.4) is 0 Å². The highest BCUT2D eigenvalue weighted by Gasteiger charge is 2.88. The van der Waals surface area contributed by atoms with Gasteiger partial charge >= 0.3 is 11.9 Å². The van der Waals surface area contributed by atoms with Crippen LogP contribution in [0, 0.1) is 17.3 Å². The highest BCUT2D eigenvalue weighted by Crippen LogP contribution is 2.82. The van der Waals surface area contributed by atoms with Crippen molar-refractivity contribution in [3.05, 3.63) is 123 Å². The van der Waals surface area contributed by atoms with Crippen molar-refractivity contribution in [2.45, 2.75) is 63.1 Å². The van der Waals surface area contributed by atoms with Crippen LogP contribution in [0.15, 0.2) is 95.6 Å². The van der Waals surface area contributed by atoms with Gasteiger partial charge in [-0.15, -0.1) is 0 Å². The normalized spacial score (nSPS) is 33.2. The third-order valence-electron chi connectivity index (χ3n) is 12.1. The summed E-state index contributed by atoms with van der Waals surface area (Å²) in [5.74, 6) is -1.24. The standard InChI is InChI=1S/C39H39NO4/c1-22(2)29-30-26-18-12-13-19-27(26)31(29)34-33(30)38(35(41)43-5)32-25-17-11-10-16-24(25)20-28(32)37(3,4)39(34,36(42)44-6)40(38)21-23-14-8-7-9-15-23/h7-20,30-34H,21H2,1-6H3. The molecule has 0 aromatic heterocycles. The Balaban J connectivity index is 1.56. The van der Waals surface area contributed by atoms with Crippen molar-refractivity contribution < 1.29 is 19.1 Å². The Morgan fingerprint density at radius 3 is 1.93 bits per heavy atom. The number of ether oxygens (including phenoxy) is 2. The highest BCUT2D eigenvalue weighted by molar-refractivity contribution is 5.96. The highest BCUT2D eigenvalue weighted by atomic mass is 16.5. The Kier molecular flexibility index (Phi) is 5.67. The molecule has 2 saturated heterocycles. The molecule has 7 unspecified atom stereocenters. The van der Waals surface area contributed by atoms with Crippen molar-refractivity contribution in [1.29, 1.82) is 0 Å². The van der Waals surface area contributed by atoms with Gasteiger partial charge in [0, 0.05) is 41.5 Å². The minimum absolute atomic E-state index is 0.0101. The first-order chi connectivity index (χ1) is 21.2. The van der Waals surface area contributed by atoms with E-state index < -0.39 is 16.5 Å². The molecule has 5 nitrogen and oxygen atoms in total. The molecule has 0 amide bonds. The summed E-state index contributed by atoms with van der Waals surface area (Å²) in [4.78, 5) is 32.4. The number of methoxy groups -OCH3 is 2. The number of carbonyl (C=O) groups is 2. The molecule has 3 aromatic rings. The van der Waals surface area contributed by atoms with Crippen molar-refractivity contribution >= 4 is 18.0 Å². The molecule has 0 radical (unpaired) electrons. The monoisotopic (exact) mass is 585 g/mol. The lowest BCUT2D eigenvalue weighted by Crippen LogP contribution is -2.74. The average Bonchev–Trinajstić information content (AvgIpc) is 3.75. The first kappa shape index (κ1) is 27.6. The second kappa shape index (κ2) is 9.04. The van der Waals surface area contributed by atoms with Gasteiger partial charge in [0.1, 0.15) is 11.1 Å². The molecule has 3 aliphatic carbocycles. The van der Waals surface area contributed by atoms with Gasteiger partial charge < -0.3 is 9.47 Å². The maximum Gasteiger partial charge on any atom is 0.327 e. The number of esters is 2. The molecule has 3 fully saturated rings. The maximum absolute atomic E-state index is 15.1. The van der Waals surface area contributed by atoms with E-state index in [9.17, 15) is 0 Å². The lowest BCUT2D eigenvalue weighted by molar-refractivity contribution is -0.184. The largest absolute Gasteiger partial charge is 0.468 e. The summed E-state index contributed by atoms with van der Waals surface area (Å²) in [6.45, 7) is 9.24. The van der Waals surface area contributed by atoms with Crippen LogP contribution < -0.4 is 0 Å². The summed E-state index contributed by atoms with van der Waals surface area (Å²) in [5.41, 5.74) is 6.62. The number of hydrogen-bond donors (Lipinski definition) is 0. The molecule has 4 bridgehead atoms. The van der Waals surface area contributed by atoms with Crippen LogP contribution in [-0.2, 0) is 25.6 Å². The van der Waals surface area contributed by atoms with Crippen LogP contribution in [0.2, 0.25) is 0 Å². The van der Waals surface area contributed by atoms with Crippen LogP contribution in [0.4, 0.5) is 0 Å². The molecule has 5 heteroatoms. The van der Waals surface area contributed by atoms with E-state index in [0.29, 0.717) is 6.54 Å². The number of rotatable bonds is 4. The van der Waals surface area contributed by atoms with E-state index >= 15 is 9.59 Å². The molecular formula is C39H39NO4. The molecule has 2 aliphatic heterocycles. The minimum Gasteiger partial charge on any atom is -0.468 e. The van der Waals surface area contributed by atoms with Crippen molar-refractivity contribution in [2.75, 3.05) is 14.2 Å². The van der Waals surface area contributed by atoms with Gasteiger partial charge in [-0.1, -0.05) is 116 Å². The van der Waals surface area contributed by atoms with Crippen LogP contribution in [-0.4, -0.2) is 42.1 Å². The SMILES string of the molecule is COC(=O)C12C3C(=Cc4ccccc43)C(C)(C)C(C(=O)OC)(C3C4C(=C(C)C)C(c5ccccc54)C31)N2Cc1ccccc1. The summed E-state index contributed by atoms with van der Waals surface area (Å²) in [6.07, 6.45) is 2.26. The molecule has 3 aromatic carbocycles. The fraction of sp³-hybridized carbons (Fsp3) is 0.385. The molecule has 0 N–H and O–H groups in total. The number of allylic oxidation sites excluding steroid dienone is 2. The number of carbonyl (C=O) groups excluding carboxylic acids is 2. The van der Waals surface area contributed by atoms with E-state index in [1.54, 1.807) is 0 Å². The Bertz CT molecular complexity index is 1800. The summed E-state index contributed by atoms with van der Waals surface area (Å²) >= 11 is 0. The van der Waals surface area contributed by atoms with Crippen LogP contribution in [0.25, 0.3) is 6.08 Å². The Labute approximate surface area is 259 Å². The third-order valence-corrected chi connectivity index (χ3v) is 12.1. The second-order valence-corrected chi connectivity index (χ2v) is 14.0.